The fraction of sp³-hybridized carbons (Fsp3) is 0.269. The predicted octanol–water partition coefficient (Wildman–Crippen LogP) is 5.27. The number of nitrogens with one attached hydrogen (secondary N) is 2. The SMILES string of the molecule is COc1cc(Nc2nccc(Nc3cnc4cc(F)c(F)cc4c3)n2)ccc1OC1CC(N(C)C)C1. The van der Waals surface area contributed by atoms with Gasteiger partial charge >= 0.3 is 0 Å². The highest BCUT2D eigenvalue weighted by atomic mass is 19.2. The van der Waals surface area contributed by atoms with Crippen LogP contribution in [0.25, 0.3) is 10.9 Å². The number of halogens is 2. The molecule has 5 rings (SSSR count). The first-order chi connectivity index (χ1) is 17.4. The third-order valence-corrected chi connectivity index (χ3v) is 6.16. The first-order valence-corrected chi connectivity index (χ1v) is 11.5. The summed E-state index contributed by atoms with van der Waals surface area (Å²) in [6.45, 7) is 0. The molecule has 2 heterocycles. The fourth-order valence-corrected chi connectivity index (χ4v) is 4.03. The van der Waals surface area contributed by atoms with Crippen LogP contribution in [0.5, 0.6) is 11.5 Å². The minimum absolute atomic E-state index is 0.177. The van der Waals surface area contributed by atoms with Gasteiger partial charge in [-0.1, -0.05) is 0 Å². The van der Waals surface area contributed by atoms with E-state index in [2.05, 4.69) is 44.6 Å². The Kier molecular flexibility index (Phi) is 6.51. The minimum Gasteiger partial charge on any atom is -0.493 e. The number of fused-ring (bicyclic) bond motifs is 1. The average molecular weight is 493 g/mol. The number of pyridine rings is 1. The van der Waals surface area contributed by atoms with E-state index in [1.807, 2.05) is 18.2 Å². The molecule has 1 aliphatic carbocycles. The Morgan fingerprint density at radius 1 is 0.917 bits per heavy atom. The Morgan fingerprint density at radius 3 is 2.50 bits per heavy atom. The molecule has 0 atom stereocenters. The number of methoxy groups -OCH3 is 1. The van der Waals surface area contributed by atoms with E-state index in [1.54, 1.807) is 25.4 Å². The zero-order chi connectivity index (χ0) is 25.2. The number of nitrogens with zero attached hydrogens (tertiary/aromatic N) is 4. The summed E-state index contributed by atoms with van der Waals surface area (Å²) in [7, 11) is 5.77. The molecular weight excluding hydrogens is 466 g/mol. The van der Waals surface area contributed by atoms with Gasteiger partial charge in [0.1, 0.15) is 11.9 Å². The van der Waals surface area contributed by atoms with Crippen molar-refractivity contribution in [1.29, 1.82) is 0 Å². The first-order valence-electron chi connectivity index (χ1n) is 11.5. The van der Waals surface area contributed by atoms with Crippen LogP contribution in [0.4, 0.5) is 31.9 Å². The van der Waals surface area contributed by atoms with E-state index in [9.17, 15) is 8.78 Å². The van der Waals surface area contributed by atoms with Gasteiger partial charge in [-0.15, -0.1) is 0 Å². The number of aromatic nitrogens is 3. The Bertz CT molecular complexity index is 1390. The summed E-state index contributed by atoms with van der Waals surface area (Å²) in [5, 5.41) is 6.76. The monoisotopic (exact) mass is 492 g/mol. The van der Waals surface area contributed by atoms with Crippen molar-refractivity contribution in [3.05, 3.63) is 66.5 Å². The van der Waals surface area contributed by atoms with Crippen molar-refractivity contribution in [3.63, 3.8) is 0 Å². The van der Waals surface area contributed by atoms with E-state index < -0.39 is 11.6 Å². The fourth-order valence-electron chi connectivity index (χ4n) is 4.03. The van der Waals surface area contributed by atoms with E-state index >= 15 is 0 Å². The van der Waals surface area contributed by atoms with E-state index in [0.717, 1.165) is 30.7 Å². The smallest absolute Gasteiger partial charge is 0.229 e. The van der Waals surface area contributed by atoms with Gasteiger partial charge in [0.05, 0.1) is 24.5 Å². The van der Waals surface area contributed by atoms with Crippen molar-refractivity contribution in [3.8, 4) is 11.5 Å². The Morgan fingerprint density at radius 2 is 1.72 bits per heavy atom. The average Bonchev–Trinajstić information content (AvgIpc) is 2.82. The summed E-state index contributed by atoms with van der Waals surface area (Å²) in [6, 6.07) is 11.7. The maximum atomic E-state index is 13.6. The van der Waals surface area contributed by atoms with Crippen molar-refractivity contribution in [2.75, 3.05) is 31.8 Å². The number of rotatable bonds is 8. The summed E-state index contributed by atoms with van der Waals surface area (Å²) < 4.78 is 38.7. The van der Waals surface area contributed by atoms with Gasteiger partial charge in [-0.05, 0) is 57.3 Å². The molecule has 1 fully saturated rings. The summed E-state index contributed by atoms with van der Waals surface area (Å²) >= 11 is 0. The van der Waals surface area contributed by atoms with Crippen molar-refractivity contribution in [1.82, 2.24) is 19.9 Å². The van der Waals surface area contributed by atoms with E-state index in [0.29, 0.717) is 45.9 Å². The van der Waals surface area contributed by atoms with Crippen LogP contribution in [0.15, 0.2) is 54.9 Å². The van der Waals surface area contributed by atoms with Gasteiger partial charge in [0.25, 0.3) is 0 Å². The van der Waals surface area contributed by atoms with Crippen LogP contribution in [-0.4, -0.2) is 53.2 Å². The molecule has 0 saturated heterocycles. The summed E-state index contributed by atoms with van der Waals surface area (Å²) in [4.78, 5) is 15.1. The second kappa shape index (κ2) is 9.90. The van der Waals surface area contributed by atoms with Gasteiger partial charge < -0.3 is 25.0 Å². The molecular formula is C26H26F2N6O2. The third kappa shape index (κ3) is 5.13. The van der Waals surface area contributed by atoms with Gasteiger partial charge in [0.15, 0.2) is 23.1 Å². The van der Waals surface area contributed by atoms with Gasteiger partial charge in [0, 0.05) is 35.4 Å². The second-order valence-corrected chi connectivity index (χ2v) is 8.89. The van der Waals surface area contributed by atoms with Crippen LogP contribution < -0.4 is 20.1 Å². The lowest BCUT2D eigenvalue weighted by atomic mass is 9.88. The number of anilines is 4. The van der Waals surface area contributed by atoms with Gasteiger partial charge in [0.2, 0.25) is 5.95 Å². The Labute approximate surface area is 207 Å². The minimum atomic E-state index is -0.931. The van der Waals surface area contributed by atoms with Crippen LogP contribution in [-0.2, 0) is 0 Å². The molecule has 4 aromatic rings. The van der Waals surface area contributed by atoms with Crippen molar-refractivity contribution < 1.29 is 18.3 Å². The summed E-state index contributed by atoms with van der Waals surface area (Å²) in [6.07, 6.45) is 5.29. The Balaban J connectivity index is 1.27. The zero-order valence-corrected chi connectivity index (χ0v) is 20.1. The lowest BCUT2D eigenvalue weighted by Crippen LogP contribution is -2.46. The van der Waals surface area contributed by atoms with Crippen molar-refractivity contribution in [2.45, 2.75) is 25.0 Å². The third-order valence-electron chi connectivity index (χ3n) is 6.16. The quantitative estimate of drug-likeness (QED) is 0.344. The number of benzene rings is 2. The predicted molar refractivity (Wildman–Crippen MR) is 134 cm³/mol. The molecule has 1 saturated carbocycles. The molecule has 0 amide bonds. The molecule has 0 spiro atoms. The molecule has 10 heteroatoms. The topological polar surface area (TPSA) is 84.4 Å². The highest BCUT2D eigenvalue weighted by Gasteiger charge is 2.32. The number of hydrogen-bond donors (Lipinski definition) is 2. The second-order valence-electron chi connectivity index (χ2n) is 8.89. The number of hydrogen-bond acceptors (Lipinski definition) is 8. The van der Waals surface area contributed by atoms with Crippen LogP contribution in [0.3, 0.4) is 0 Å². The maximum Gasteiger partial charge on any atom is 0.229 e. The van der Waals surface area contributed by atoms with Crippen LogP contribution >= 0.6 is 0 Å². The van der Waals surface area contributed by atoms with Gasteiger partial charge in [-0.2, -0.15) is 4.98 Å². The Hall–Kier alpha value is -4.05. The molecule has 186 valence electrons. The lowest BCUT2D eigenvalue weighted by molar-refractivity contribution is 0.0383. The molecule has 0 bridgehead atoms. The molecule has 2 N–H and O–H groups in total. The van der Waals surface area contributed by atoms with Gasteiger partial charge in [-0.25, -0.2) is 13.8 Å². The standard InChI is InChI=1S/C26H26F2N6O2/c1-34(2)18-11-19(12-18)36-23-5-4-16(10-24(23)35-3)32-26-29-7-6-25(33-26)31-17-8-15-9-20(27)21(28)13-22(15)30-14-17/h4-10,13-14,18-19H,11-12H2,1-3H3,(H2,29,31,32,33). The van der Waals surface area contributed by atoms with Crippen LogP contribution in [0.2, 0.25) is 0 Å². The number of ether oxygens (including phenoxy) is 2. The molecule has 36 heavy (non-hydrogen) atoms. The summed E-state index contributed by atoms with van der Waals surface area (Å²) in [5.74, 6) is 0.330. The van der Waals surface area contributed by atoms with Crippen LogP contribution in [0.1, 0.15) is 12.8 Å². The van der Waals surface area contributed by atoms with E-state index in [1.165, 1.54) is 6.20 Å². The molecule has 1 aliphatic rings. The molecule has 2 aromatic carbocycles. The largest absolute Gasteiger partial charge is 0.493 e. The maximum absolute atomic E-state index is 13.6. The normalized spacial score (nSPS) is 17.1. The molecule has 2 aromatic heterocycles. The molecule has 0 aliphatic heterocycles. The molecule has 8 nitrogen and oxygen atoms in total. The molecule has 0 radical (unpaired) electrons. The van der Waals surface area contributed by atoms with E-state index in [4.69, 9.17) is 9.47 Å². The van der Waals surface area contributed by atoms with Crippen LogP contribution in [0, 0.1) is 11.6 Å². The summed E-state index contributed by atoms with van der Waals surface area (Å²) in [5.41, 5.74) is 1.68. The van der Waals surface area contributed by atoms with Gasteiger partial charge in [-0.3, -0.25) is 4.98 Å². The van der Waals surface area contributed by atoms with Crippen molar-refractivity contribution in [2.24, 2.45) is 0 Å². The zero-order valence-electron chi connectivity index (χ0n) is 20.1. The first kappa shape index (κ1) is 23.7. The lowest BCUT2D eigenvalue weighted by Gasteiger charge is -2.39. The van der Waals surface area contributed by atoms with E-state index in [-0.39, 0.29) is 6.10 Å². The van der Waals surface area contributed by atoms with Crippen molar-refractivity contribution >= 4 is 34.0 Å². The molecule has 0 unspecified atom stereocenters. The highest BCUT2D eigenvalue weighted by Crippen LogP contribution is 2.36. The highest BCUT2D eigenvalue weighted by molar-refractivity contribution is 5.82.